The van der Waals surface area contributed by atoms with Gasteiger partial charge in [0.15, 0.2) is 0 Å². The Balaban J connectivity index is 2.00. The molecule has 0 radical (unpaired) electrons. The maximum atomic E-state index is 11.7. The van der Waals surface area contributed by atoms with Crippen LogP contribution in [0.4, 0.5) is 0 Å². The lowest BCUT2D eigenvalue weighted by Crippen LogP contribution is -2.23. The van der Waals surface area contributed by atoms with Crippen molar-refractivity contribution in [2.75, 3.05) is 6.61 Å². The van der Waals surface area contributed by atoms with Gasteiger partial charge in [0.25, 0.3) is 5.91 Å². The van der Waals surface area contributed by atoms with E-state index < -0.39 is 5.69 Å². The first-order chi connectivity index (χ1) is 9.69. The first-order valence-electron chi connectivity index (χ1n) is 5.93. The van der Waals surface area contributed by atoms with Crippen molar-refractivity contribution in [3.63, 3.8) is 0 Å². The van der Waals surface area contributed by atoms with Gasteiger partial charge in [-0.05, 0) is 17.7 Å². The highest BCUT2D eigenvalue weighted by Gasteiger charge is 2.07. The number of carbonyl (C=O) groups is 1. The summed E-state index contributed by atoms with van der Waals surface area (Å²) < 4.78 is 0. The second kappa shape index (κ2) is 6.41. The third kappa shape index (κ3) is 3.60. The number of aromatic amines is 2. The smallest absolute Gasteiger partial charge is 0.323 e. The Bertz CT molecular complexity index is 719. The van der Waals surface area contributed by atoms with Crippen LogP contribution in [0.25, 0.3) is 0 Å². The van der Waals surface area contributed by atoms with Crippen molar-refractivity contribution in [2.45, 2.75) is 6.54 Å². The summed E-state index contributed by atoms with van der Waals surface area (Å²) in [6.07, 6.45) is 1.32. The van der Waals surface area contributed by atoms with E-state index in [-0.39, 0.29) is 18.2 Å². The Morgan fingerprint density at radius 1 is 1.40 bits per heavy atom. The molecule has 1 aromatic carbocycles. The van der Waals surface area contributed by atoms with Crippen LogP contribution < -0.4 is 11.0 Å². The largest absolute Gasteiger partial charge is 0.384 e. The Morgan fingerprint density at radius 3 is 2.95 bits per heavy atom. The zero-order chi connectivity index (χ0) is 14.4. The predicted molar refractivity (Wildman–Crippen MR) is 73.0 cm³/mol. The molecule has 1 amide bonds. The predicted octanol–water partition coefficient (Wildman–Crippen LogP) is -0.0232. The molecule has 1 aromatic heterocycles. The Labute approximate surface area is 114 Å². The number of imidazole rings is 1. The quantitative estimate of drug-likeness (QED) is 0.590. The number of hydrogen-bond donors (Lipinski definition) is 4. The fourth-order valence-corrected chi connectivity index (χ4v) is 1.63. The maximum Gasteiger partial charge on any atom is 0.323 e. The van der Waals surface area contributed by atoms with E-state index in [1.807, 2.05) is 24.3 Å². The Morgan fingerprint density at radius 2 is 2.25 bits per heavy atom. The van der Waals surface area contributed by atoms with Crippen LogP contribution in [-0.4, -0.2) is 27.6 Å². The van der Waals surface area contributed by atoms with E-state index in [9.17, 15) is 9.59 Å². The molecule has 0 spiro atoms. The van der Waals surface area contributed by atoms with Gasteiger partial charge in [0.1, 0.15) is 12.3 Å². The number of carbonyl (C=O) groups excluding carboxylic acids is 1. The van der Waals surface area contributed by atoms with E-state index in [0.717, 1.165) is 11.1 Å². The molecule has 1 heterocycles. The molecule has 102 valence electrons. The second-order valence-corrected chi connectivity index (χ2v) is 4.00. The minimum absolute atomic E-state index is 0.186. The van der Waals surface area contributed by atoms with Crippen LogP contribution in [0.5, 0.6) is 0 Å². The van der Waals surface area contributed by atoms with Crippen molar-refractivity contribution in [1.29, 1.82) is 0 Å². The second-order valence-electron chi connectivity index (χ2n) is 4.00. The molecule has 0 atom stereocenters. The van der Waals surface area contributed by atoms with E-state index in [0.29, 0.717) is 6.54 Å². The maximum absolute atomic E-state index is 11.7. The van der Waals surface area contributed by atoms with Crippen LogP contribution in [0.15, 0.2) is 35.3 Å². The number of benzene rings is 1. The molecule has 20 heavy (non-hydrogen) atoms. The van der Waals surface area contributed by atoms with Crippen molar-refractivity contribution in [1.82, 2.24) is 15.3 Å². The number of rotatable bonds is 3. The number of nitrogens with one attached hydrogen (secondary N) is 3. The van der Waals surface area contributed by atoms with Crippen LogP contribution in [0.1, 0.15) is 21.6 Å². The van der Waals surface area contributed by atoms with Crippen molar-refractivity contribution in [2.24, 2.45) is 0 Å². The average Bonchev–Trinajstić information content (AvgIpc) is 2.90. The molecule has 2 rings (SSSR count). The standard InChI is InChI=1S/C14H13N3O3/c18-6-2-5-10-3-1-4-11(7-10)8-15-13(19)12-9-16-14(20)17-12/h1,3-4,7,9,18H,6,8H2,(H,15,19)(H2,16,17,20). The zero-order valence-corrected chi connectivity index (χ0v) is 10.6. The number of aliphatic hydroxyl groups excluding tert-OH is 1. The van der Waals surface area contributed by atoms with E-state index in [1.165, 1.54) is 6.20 Å². The molecule has 0 fully saturated rings. The van der Waals surface area contributed by atoms with Gasteiger partial charge in [-0.2, -0.15) is 0 Å². The summed E-state index contributed by atoms with van der Waals surface area (Å²) >= 11 is 0. The molecule has 4 N–H and O–H groups in total. The molecule has 6 heteroatoms. The molecule has 0 unspecified atom stereocenters. The number of hydrogen-bond acceptors (Lipinski definition) is 3. The summed E-state index contributed by atoms with van der Waals surface area (Å²) in [4.78, 5) is 27.4. The SMILES string of the molecule is O=C(NCc1cccc(C#CCO)c1)c1c[nH]c(=O)[nH]1. The van der Waals surface area contributed by atoms with Crippen LogP contribution in [-0.2, 0) is 6.54 Å². The Hall–Kier alpha value is -2.78. The lowest BCUT2D eigenvalue weighted by molar-refractivity contribution is 0.0946. The van der Waals surface area contributed by atoms with E-state index in [4.69, 9.17) is 5.11 Å². The number of amides is 1. The fraction of sp³-hybridized carbons (Fsp3) is 0.143. The van der Waals surface area contributed by atoms with Gasteiger partial charge in [-0.25, -0.2) is 4.79 Å². The highest BCUT2D eigenvalue weighted by atomic mass is 16.2. The topological polar surface area (TPSA) is 98.0 Å². The molecular weight excluding hydrogens is 258 g/mol. The molecule has 0 aliphatic heterocycles. The van der Waals surface area contributed by atoms with Crippen LogP contribution >= 0.6 is 0 Å². The van der Waals surface area contributed by atoms with Gasteiger partial charge in [0, 0.05) is 18.3 Å². The van der Waals surface area contributed by atoms with Gasteiger partial charge in [-0.3, -0.25) is 4.79 Å². The molecule has 2 aromatic rings. The first-order valence-corrected chi connectivity index (χ1v) is 5.93. The van der Waals surface area contributed by atoms with Gasteiger partial charge < -0.3 is 20.4 Å². The lowest BCUT2D eigenvalue weighted by atomic mass is 10.1. The minimum atomic E-state index is -0.420. The molecule has 6 nitrogen and oxygen atoms in total. The third-order valence-electron chi connectivity index (χ3n) is 2.53. The molecule has 0 saturated heterocycles. The van der Waals surface area contributed by atoms with Gasteiger partial charge in [-0.15, -0.1) is 0 Å². The van der Waals surface area contributed by atoms with Crippen molar-refractivity contribution in [3.05, 3.63) is 57.8 Å². The highest BCUT2D eigenvalue weighted by molar-refractivity contribution is 5.91. The number of aliphatic hydroxyl groups is 1. The third-order valence-corrected chi connectivity index (χ3v) is 2.53. The summed E-state index contributed by atoms with van der Waals surface area (Å²) in [7, 11) is 0. The molecule has 0 saturated carbocycles. The van der Waals surface area contributed by atoms with Gasteiger partial charge >= 0.3 is 5.69 Å². The van der Waals surface area contributed by atoms with Crippen molar-refractivity contribution < 1.29 is 9.90 Å². The van der Waals surface area contributed by atoms with Crippen LogP contribution in [0.3, 0.4) is 0 Å². The highest BCUT2D eigenvalue weighted by Crippen LogP contribution is 2.04. The normalized spacial score (nSPS) is 9.65. The molecule has 0 aliphatic carbocycles. The molecule has 0 bridgehead atoms. The van der Waals surface area contributed by atoms with E-state index in [1.54, 1.807) is 0 Å². The van der Waals surface area contributed by atoms with Crippen LogP contribution in [0.2, 0.25) is 0 Å². The lowest BCUT2D eigenvalue weighted by Gasteiger charge is -2.04. The van der Waals surface area contributed by atoms with Crippen molar-refractivity contribution in [3.8, 4) is 11.8 Å². The molecule has 0 aliphatic rings. The van der Waals surface area contributed by atoms with Gasteiger partial charge in [0.05, 0.1) is 0 Å². The van der Waals surface area contributed by atoms with E-state index >= 15 is 0 Å². The summed E-state index contributed by atoms with van der Waals surface area (Å²) in [5, 5.41) is 11.3. The fourth-order valence-electron chi connectivity index (χ4n) is 1.63. The number of H-pyrrole nitrogens is 2. The van der Waals surface area contributed by atoms with Gasteiger partial charge in [-0.1, -0.05) is 24.0 Å². The Kier molecular flexibility index (Phi) is 4.37. The summed E-state index contributed by atoms with van der Waals surface area (Å²) in [5.74, 6) is 4.99. The first kappa shape index (κ1) is 13.6. The van der Waals surface area contributed by atoms with E-state index in [2.05, 4.69) is 27.1 Å². The van der Waals surface area contributed by atoms with Crippen molar-refractivity contribution >= 4 is 5.91 Å². The van der Waals surface area contributed by atoms with Gasteiger partial charge in [0.2, 0.25) is 0 Å². The number of aromatic nitrogens is 2. The average molecular weight is 271 g/mol. The molecular formula is C14H13N3O3. The monoisotopic (exact) mass is 271 g/mol. The summed E-state index contributed by atoms with van der Waals surface area (Å²) in [5.41, 5.74) is 1.41. The zero-order valence-electron chi connectivity index (χ0n) is 10.6. The summed E-state index contributed by atoms with van der Waals surface area (Å²) in [6, 6.07) is 7.31. The van der Waals surface area contributed by atoms with Crippen LogP contribution in [0, 0.1) is 11.8 Å². The minimum Gasteiger partial charge on any atom is -0.384 e. The summed E-state index contributed by atoms with van der Waals surface area (Å²) in [6.45, 7) is 0.127.